The molecule has 1 aromatic heterocycles. The van der Waals surface area contributed by atoms with Crippen LogP contribution in [0.25, 0.3) is 6.08 Å². The molecule has 7 heteroatoms. The van der Waals surface area contributed by atoms with Gasteiger partial charge in [-0.05, 0) is 68.0 Å². The van der Waals surface area contributed by atoms with Gasteiger partial charge in [0.05, 0.1) is 5.69 Å². The summed E-state index contributed by atoms with van der Waals surface area (Å²) in [4.78, 5) is 26.2. The quantitative estimate of drug-likeness (QED) is 0.506. The van der Waals surface area contributed by atoms with E-state index in [1.54, 1.807) is 30.3 Å². The highest BCUT2D eigenvalue weighted by molar-refractivity contribution is 7.80. The highest BCUT2D eigenvalue weighted by atomic mass is 35.5. The summed E-state index contributed by atoms with van der Waals surface area (Å²) in [6.45, 7) is 3.70. The highest BCUT2D eigenvalue weighted by Gasteiger charge is 2.34. The second-order valence-corrected chi connectivity index (χ2v) is 6.15. The average molecular weight is 361 g/mol. The van der Waals surface area contributed by atoms with Gasteiger partial charge in [0.1, 0.15) is 17.1 Å². The number of rotatable bonds is 2. The molecular formula is C17H13ClN2O3S. The van der Waals surface area contributed by atoms with Crippen molar-refractivity contribution in [2.45, 2.75) is 13.8 Å². The molecule has 1 aromatic carbocycles. The lowest BCUT2D eigenvalue weighted by atomic mass is 10.1. The molecular weight excluding hydrogens is 348 g/mol. The number of nitrogens with zero attached hydrogens (tertiary/aromatic N) is 1. The van der Waals surface area contributed by atoms with E-state index in [2.05, 4.69) is 5.32 Å². The molecule has 24 heavy (non-hydrogen) atoms. The van der Waals surface area contributed by atoms with Crippen LogP contribution >= 0.6 is 23.8 Å². The number of thiocarbonyl (C=S) groups is 1. The molecule has 0 atom stereocenters. The van der Waals surface area contributed by atoms with E-state index in [4.69, 9.17) is 28.2 Å². The summed E-state index contributed by atoms with van der Waals surface area (Å²) in [5.74, 6) is 0.0997. The van der Waals surface area contributed by atoms with Gasteiger partial charge in [-0.15, -0.1) is 0 Å². The predicted octanol–water partition coefficient (Wildman–Crippen LogP) is 3.38. The fourth-order valence-electron chi connectivity index (χ4n) is 2.30. The van der Waals surface area contributed by atoms with Crippen molar-refractivity contribution in [1.82, 2.24) is 5.32 Å². The zero-order valence-corrected chi connectivity index (χ0v) is 14.5. The van der Waals surface area contributed by atoms with Crippen molar-refractivity contribution in [1.29, 1.82) is 0 Å². The SMILES string of the molecule is Cc1cc(C=C2C(=O)NC(=S)N(c3ccc(Cl)cc3)C2=O)oc1C. The number of nitrogens with one attached hydrogen (secondary N) is 1. The van der Waals surface area contributed by atoms with Crippen molar-refractivity contribution >= 4 is 52.5 Å². The van der Waals surface area contributed by atoms with E-state index in [1.165, 1.54) is 11.0 Å². The number of amides is 2. The minimum Gasteiger partial charge on any atom is -0.462 e. The largest absolute Gasteiger partial charge is 0.462 e. The number of halogens is 1. The van der Waals surface area contributed by atoms with Crippen LogP contribution in [0.15, 0.2) is 40.3 Å². The monoisotopic (exact) mass is 360 g/mol. The van der Waals surface area contributed by atoms with Gasteiger partial charge in [-0.25, -0.2) is 0 Å². The van der Waals surface area contributed by atoms with Gasteiger partial charge in [-0.1, -0.05) is 11.6 Å². The summed E-state index contributed by atoms with van der Waals surface area (Å²) < 4.78 is 5.52. The zero-order chi connectivity index (χ0) is 17.4. The van der Waals surface area contributed by atoms with Gasteiger partial charge in [0.15, 0.2) is 5.11 Å². The first-order valence-electron chi connectivity index (χ1n) is 7.11. The molecule has 0 aliphatic carbocycles. The number of benzene rings is 1. The normalized spacial score (nSPS) is 16.7. The minimum absolute atomic E-state index is 0.0243. The average Bonchev–Trinajstić information content (AvgIpc) is 2.83. The number of carbonyl (C=O) groups excluding carboxylic acids is 2. The van der Waals surface area contributed by atoms with Gasteiger partial charge in [-0.2, -0.15) is 0 Å². The van der Waals surface area contributed by atoms with Crippen molar-refractivity contribution < 1.29 is 14.0 Å². The summed E-state index contributed by atoms with van der Waals surface area (Å²) in [5, 5.41) is 3.08. The van der Waals surface area contributed by atoms with Gasteiger partial charge >= 0.3 is 0 Å². The van der Waals surface area contributed by atoms with E-state index in [0.29, 0.717) is 16.5 Å². The third kappa shape index (κ3) is 2.98. The Hall–Kier alpha value is -2.44. The number of hydrogen-bond donors (Lipinski definition) is 1. The lowest BCUT2D eigenvalue weighted by Crippen LogP contribution is -2.54. The molecule has 3 rings (SSSR count). The van der Waals surface area contributed by atoms with Gasteiger partial charge in [-0.3, -0.25) is 19.8 Å². The Labute approximate surface area is 148 Å². The molecule has 0 unspecified atom stereocenters. The van der Waals surface area contributed by atoms with Crippen LogP contribution in [-0.2, 0) is 9.59 Å². The Morgan fingerprint density at radius 1 is 1.21 bits per heavy atom. The Morgan fingerprint density at radius 2 is 1.88 bits per heavy atom. The van der Waals surface area contributed by atoms with E-state index in [-0.39, 0.29) is 10.7 Å². The van der Waals surface area contributed by atoms with Gasteiger partial charge in [0.25, 0.3) is 11.8 Å². The first-order chi connectivity index (χ1) is 11.4. The zero-order valence-electron chi connectivity index (χ0n) is 12.9. The van der Waals surface area contributed by atoms with Crippen LogP contribution in [0.5, 0.6) is 0 Å². The van der Waals surface area contributed by atoms with Crippen molar-refractivity contribution in [2.24, 2.45) is 0 Å². The Morgan fingerprint density at radius 3 is 2.46 bits per heavy atom. The topological polar surface area (TPSA) is 62.6 Å². The maximum atomic E-state index is 12.8. The number of hydrogen-bond acceptors (Lipinski definition) is 4. The van der Waals surface area contributed by atoms with Crippen LogP contribution in [0.3, 0.4) is 0 Å². The number of carbonyl (C=O) groups is 2. The summed E-state index contributed by atoms with van der Waals surface area (Å²) in [7, 11) is 0. The lowest BCUT2D eigenvalue weighted by Gasteiger charge is -2.28. The summed E-state index contributed by atoms with van der Waals surface area (Å²) in [6.07, 6.45) is 1.42. The molecule has 122 valence electrons. The Kier molecular flexibility index (Phi) is 4.26. The molecule has 0 bridgehead atoms. The van der Waals surface area contributed by atoms with E-state index < -0.39 is 11.8 Å². The molecule has 0 radical (unpaired) electrons. The molecule has 2 heterocycles. The van der Waals surface area contributed by atoms with Crippen LogP contribution in [0, 0.1) is 13.8 Å². The molecule has 1 N–H and O–H groups in total. The molecule has 1 aliphatic heterocycles. The first-order valence-corrected chi connectivity index (χ1v) is 7.89. The van der Waals surface area contributed by atoms with Crippen LogP contribution in [0.1, 0.15) is 17.1 Å². The first kappa shape index (κ1) is 16.4. The van der Waals surface area contributed by atoms with E-state index in [9.17, 15) is 9.59 Å². The fourth-order valence-corrected chi connectivity index (χ4v) is 2.70. The summed E-state index contributed by atoms with van der Waals surface area (Å²) in [5.41, 5.74) is 1.41. The smallest absolute Gasteiger partial charge is 0.270 e. The molecule has 0 spiro atoms. The molecule has 1 saturated heterocycles. The summed E-state index contributed by atoms with van der Waals surface area (Å²) >= 11 is 11.0. The molecule has 2 aromatic rings. The minimum atomic E-state index is -0.554. The van der Waals surface area contributed by atoms with Gasteiger partial charge in [0, 0.05) is 5.02 Å². The molecule has 5 nitrogen and oxygen atoms in total. The molecule has 0 saturated carbocycles. The van der Waals surface area contributed by atoms with Gasteiger partial charge < -0.3 is 4.42 Å². The maximum absolute atomic E-state index is 12.8. The molecule has 2 amide bonds. The van der Waals surface area contributed by atoms with E-state index in [1.807, 2.05) is 13.8 Å². The van der Waals surface area contributed by atoms with Crippen LogP contribution in [-0.4, -0.2) is 16.9 Å². The molecule has 1 aliphatic rings. The van der Waals surface area contributed by atoms with Crippen molar-refractivity contribution in [3.8, 4) is 0 Å². The van der Waals surface area contributed by atoms with E-state index >= 15 is 0 Å². The molecule has 1 fully saturated rings. The highest BCUT2D eigenvalue weighted by Crippen LogP contribution is 2.24. The van der Waals surface area contributed by atoms with Crippen LogP contribution < -0.4 is 10.2 Å². The van der Waals surface area contributed by atoms with E-state index in [0.717, 1.165) is 11.3 Å². The second-order valence-electron chi connectivity index (χ2n) is 5.32. The van der Waals surface area contributed by atoms with Crippen LogP contribution in [0.4, 0.5) is 5.69 Å². The van der Waals surface area contributed by atoms with Crippen molar-refractivity contribution in [3.05, 3.63) is 58.0 Å². The van der Waals surface area contributed by atoms with Crippen molar-refractivity contribution in [2.75, 3.05) is 4.90 Å². The fraction of sp³-hybridized carbons (Fsp3) is 0.118. The van der Waals surface area contributed by atoms with Crippen molar-refractivity contribution in [3.63, 3.8) is 0 Å². The number of anilines is 1. The number of furan rings is 1. The van der Waals surface area contributed by atoms with Crippen LogP contribution in [0.2, 0.25) is 5.02 Å². The Bertz CT molecular complexity index is 864. The third-order valence-corrected chi connectivity index (χ3v) is 4.19. The Balaban J connectivity index is 2.01. The lowest BCUT2D eigenvalue weighted by molar-refractivity contribution is -0.122. The standard InChI is InChI=1S/C17H13ClN2O3S/c1-9-7-13(23-10(9)2)8-14-15(21)19-17(24)20(16(14)22)12-5-3-11(18)4-6-12/h3-8H,1-2H3,(H,19,21,24). The summed E-state index contributed by atoms with van der Waals surface area (Å²) in [6, 6.07) is 8.37. The third-order valence-electron chi connectivity index (χ3n) is 3.66. The van der Waals surface area contributed by atoms with Gasteiger partial charge in [0.2, 0.25) is 0 Å². The number of aryl methyl sites for hydroxylation is 2. The maximum Gasteiger partial charge on any atom is 0.270 e. The predicted molar refractivity (Wildman–Crippen MR) is 95.8 cm³/mol. The second kappa shape index (κ2) is 6.22.